The van der Waals surface area contributed by atoms with Crippen molar-refractivity contribution in [3.05, 3.63) is 18.2 Å². The lowest BCUT2D eigenvalue weighted by molar-refractivity contribution is 0.396. The molecule has 1 unspecified atom stereocenters. The van der Waals surface area contributed by atoms with E-state index in [-0.39, 0.29) is 0 Å². The van der Waals surface area contributed by atoms with Crippen molar-refractivity contribution in [2.24, 2.45) is 0 Å². The molecule has 1 atom stereocenters. The second-order valence-electron chi connectivity index (χ2n) is 4.50. The van der Waals surface area contributed by atoms with Crippen molar-refractivity contribution in [2.45, 2.75) is 19.4 Å². The Bertz CT molecular complexity index is 395. The van der Waals surface area contributed by atoms with E-state index in [1.165, 1.54) is 0 Å². The molecule has 1 aromatic rings. The highest BCUT2D eigenvalue weighted by molar-refractivity contribution is 5.62. The highest BCUT2D eigenvalue weighted by Gasteiger charge is 2.23. The second kappa shape index (κ2) is 5.96. The van der Waals surface area contributed by atoms with Gasteiger partial charge in [-0.15, -0.1) is 0 Å². The van der Waals surface area contributed by atoms with Gasteiger partial charge in [0.25, 0.3) is 0 Å². The van der Waals surface area contributed by atoms with Gasteiger partial charge in [0.05, 0.1) is 19.9 Å². The summed E-state index contributed by atoms with van der Waals surface area (Å²) >= 11 is 0. The summed E-state index contributed by atoms with van der Waals surface area (Å²) in [6, 6.07) is 6.49. The number of nitrogens with zero attached hydrogens (tertiary/aromatic N) is 1. The van der Waals surface area contributed by atoms with Crippen molar-refractivity contribution in [1.82, 2.24) is 5.32 Å². The Morgan fingerprint density at radius 2 is 2.17 bits per heavy atom. The van der Waals surface area contributed by atoms with Crippen LogP contribution in [0.1, 0.15) is 13.3 Å². The van der Waals surface area contributed by atoms with Gasteiger partial charge in [-0.1, -0.05) is 6.92 Å². The number of rotatable bonds is 4. The zero-order valence-electron chi connectivity index (χ0n) is 11.4. The fourth-order valence-corrected chi connectivity index (χ4v) is 2.46. The SMILES string of the molecule is CCC1CNCCN1c1cc(OC)ccc1OC. The molecule has 0 saturated carbocycles. The molecule has 0 bridgehead atoms. The molecule has 0 aromatic heterocycles. The average Bonchev–Trinajstić information content (AvgIpc) is 2.46. The summed E-state index contributed by atoms with van der Waals surface area (Å²) in [7, 11) is 3.41. The normalized spacial score (nSPS) is 19.7. The summed E-state index contributed by atoms with van der Waals surface area (Å²) in [4.78, 5) is 2.41. The Labute approximate surface area is 109 Å². The van der Waals surface area contributed by atoms with Crippen LogP contribution in [0.15, 0.2) is 18.2 Å². The number of hydrogen-bond acceptors (Lipinski definition) is 4. The van der Waals surface area contributed by atoms with Crippen LogP contribution in [0.4, 0.5) is 5.69 Å². The summed E-state index contributed by atoms with van der Waals surface area (Å²) in [6.07, 6.45) is 1.12. The summed E-state index contributed by atoms with van der Waals surface area (Å²) in [5.74, 6) is 1.79. The Morgan fingerprint density at radius 1 is 1.33 bits per heavy atom. The molecule has 1 saturated heterocycles. The maximum Gasteiger partial charge on any atom is 0.142 e. The molecular formula is C14H22N2O2. The van der Waals surface area contributed by atoms with Crippen LogP contribution in [-0.2, 0) is 0 Å². The first-order valence-corrected chi connectivity index (χ1v) is 6.49. The predicted molar refractivity (Wildman–Crippen MR) is 73.8 cm³/mol. The van der Waals surface area contributed by atoms with Crippen molar-refractivity contribution in [3.8, 4) is 11.5 Å². The van der Waals surface area contributed by atoms with Gasteiger partial charge in [0, 0.05) is 31.7 Å². The molecule has 0 spiro atoms. The first kappa shape index (κ1) is 13.0. The van der Waals surface area contributed by atoms with Crippen LogP contribution in [-0.4, -0.2) is 39.9 Å². The molecule has 1 fully saturated rings. The van der Waals surface area contributed by atoms with E-state index in [1.54, 1.807) is 14.2 Å². The second-order valence-corrected chi connectivity index (χ2v) is 4.50. The highest BCUT2D eigenvalue weighted by atomic mass is 16.5. The molecule has 2 rings (SSSR count). The summed E-state index contributed by atoms with van der Waals surface area (Å²) in [6.45, 7) is 5.26. The van der Waals surface area contributed by atoms with E-state index in [2.05, 4.69) is 23.2 Å². The fraction of sp³-hybridized carbons (Fsp3) is 0.571. The molecule has 4 heteroatoms. The number of anilines is 1. The molecule has 0 aliphatic carbocycles. The topological polar surface area (TPSA) is 33.7 Å². The number of hydrogen-bond donors (Lipinski definition) is 1. The molecule has 1 aliphatic heterocycles. The van der Waals surface area contributed by atoms with Crippen LogP contribution in [0, 0.1) is 0 Å². The lowest BCUT2D eigenvalue weighted by atomic mass is 10.1. The van der Waals surface area contributed by atoms with E-state index in [1.807, 2.05) is 12.1 Å². The van der Waals surface area contributed by atoms with Gasteiger partial charge in [-0.3, -0.25) is 0 Å². The van der Waals surface area contributed by atoms with Crippen LogP contribution >= 0.6 is 0 Å². The fourth-order valence-electron chi connectivity index (χ4n) is 2.46. The maximum atomic E-state index is 5.47. The van der Waals surface area contributed by atoms with Crippen molar-refractivity contribution < 1.29 is 9.47 Å². The van der Waals surface area contributed by atoms with E-state index < -0.39 is 0 Å². The van der Waals surface area contributed by atoms with E-state index in [9.17, 15) is 0 Å². The lowest BCUT2D eigenvalue weighted by Crippen LogP contribution is -2.51. The quantitative estimate of drug-likeness (QED) is 0.885. The van der Waals surface area contributed by atoms with Crippen LogP contribution < -0.4 is 19.7 Å². The van der Waals surface area contributed by atoms with Crippen molar-refractivity contribution >= 4 is 5.69 Å². The Balaban J connectivity index is 2.34. The molecule has 1 heterocycles. The minimum absolute atomic E-state index is 0.514. The van der Waals surface area contributed by atoms with E-state index in [0.717, 1.165) is 43.2 Å². The molecule has 4 nitrogen and oxygen atoms in total. The molecular weight excluding hydrogens is 228 g/mol. The Kier molecular flexibility index (Phi) is 4.31. The third-order valence-corrected chi connectivity index (χ3v) is 3.52. The molecule has 1 aromatic carbocycles. The number of benzene rings is 1. The maximum absolute atomic E-state index is 5.47. The van der Waals surface area contributed by atoms with Crippen molar-refractivity contribution in [1.29, 1.82) is 0 Å². The molecule has 0 amide bonds. The zero-order valence-corrected chi connectivity index (χ0v) is 11.4. The molecule has 0 radical (unpaired) electrons. The number of ether oxygens (including phenoxy) is 2. The van der Waals surface area contributed by atoms with Crippen LogP contribution in [0.25, 0.3) is 0 Å². The summed E-state index contributed by atoms with van der Waals surface area (Å²) in [5.41, 5.74) is 1.13. The zero-order chi connectivity index (χ0) is 13.0. The minimum Gasteiger partial charge on any atom is -0.497 e. The molecule has 1 aliphatic rings. The Morgan fingerprint density at radius 3 is 2.83 bits per heavy atom. The standard InChI is InChI=1S/C14H22N2O2/c1-4-11-10-15-7-8-16(11)13-9-12(17-2)5-6-14(13)18-3/h5-6,9,11,15H,4,7-8,10H2,1-3H3. The van der Waals surface area contributed by atoms with Crippen LogP contribution in [0.5, 0.6) is 11.5 Å². The first-order valence-electron chi connectivity index (χ1n) is 6.49. The van der Waals surface area contributed by atoms with Gasteiger partial charge in [0.1, 0.15) is 11.5 Å². The number of methoxy groups -OCH3 is 2. The van der Waals surface area contributed by atoms with E-state index in [0.29, 0.717) is 6.04 Å². The largest absolute Gasteiger partial charge is 0.497 e. The molecule has 1 N–H and O–H groups in total. The van der Waals surface area contributed by atoms with Gasteiger partial charge in [-0.2, -0.15) is 0 Å². The van der Waals surface area contributed by atoms with Gasteiger partial charge < -0.3 is 19.7 Å². The Hall–Kier alpha value is -1.42. The highest BCUT2D eigenvalue weighted by Crippen LogP contribution is 2.34. The molecule has 100 valence electrons. The minimum atomic E-state index is 0.514. The van der Waals surface area contributed by atoms with Crippen LogP contribution in [0.2, 0.25) is 0 Å². The third kappa shape index (κ3) is 2.53. The number of nitrogens with one attached hydrogen (secondary N) is 1. The monoisotopic (exact) mass is 250 g/mol. The summed E-state index contributed by atoms with van der Waals surface area (Å²) < 4.78 is 10.8. The third-order valence-electron chi connectivity index (χ3n) is 3.52. The van der Waals surface area contributed by atoms with Gasteiger partial charge in [-0.05, 0) is 18.6 Å². The first-order chi connectivity index (χ1) is 8.80. The number of piperazine rings is 1. The van der Waals surface area contributed by atoms with Crippen molar-refractivity contribution in [2.75, 3.05) is 38.8 Å². The van der Waals surface area contributed by atoms with Gasteiger partial charge in [0.15, 0.2) is 0 Å². The van der Waals surface area contributed by atoms with Gasteiger partial charge in [0.2, 0.25) is 0 Å². The average molecular weight is 250 g/mol. The predicted octanol–water partition coefficient (Wildman–Crippen LogP) is 1.89. The lowest BCUT2D eigenvalue weighted by Gasteiger charge is -2.38. The van der Waals surface area contributed by atoms with E-state index >= 15 is 0 Å². The van der Waals surface area contributed by atoms with Gasteiger partial charge in [-0.25, -0.2) is 0 Å². The smallest absolute Gasteiger partial charge is 0.142 e. The van der Waals surface area contributed by atoms with Gasteiger partial charge >= 0.3 is 0 Å². The van der Waals surface area contributed by atoms with Crippen LogP contribution in [0.3, 0.4) is 0 Å². The molecule has 18 heavy (non-hydrogen) atoms. The van der Waals surface area contributed by atoms with Crippen molar-refractivity contribution in [3.63, 3.8) is 0 Å². The van der Waals surface area contributed by atoms with E-state index in [4.69, 9.17) is 9.47 Å². The summed E-state index contributed by atoms with van der Waals surface area (Å²) in [5, 5.41) is 3.44.